The highest BCUT2D eigenvalue weighted by atomic mass is 35.7. The summed E-state index contributed by atoms with van der Waals surface area (Å²) >= 11 is 0. The molecule has 0 aliphatic rings. The van der Waals surface area contributed by atoms with Crippen LogP contribution in [0.25, 0.3) is 0 Å². The number of nitrogens with zero attached hydrogens (tertiary/aromatic N) is 1. The molecule has 0 atom stereocenters. The first-order valence-corrected chi connectivity index (χ1v) is 6.48. The Labute approximate surface area is 99.8 Å². The van der Waals surface area contributed by atoms with Crippen LogP contribution in [0.3, 0.4) is 0 Å². The van der Waals surface area contributed by atoms with Crippen LogP contribution in [0.15, 0.2) is 23.1 Å². The van der Waals surface area contributed by atoms with Gasteiger partial charge in [0, 0.05) is 10.7 Å². The van der Waals surface area contributed by atoms with E-state index in [4.69, 9.17) is 15.9 Å². The summed E-state index contributed by atoms with van der Waals surface area (Å²) in [6, 6.07) is 3.73. The first-order chi connectivity index (χ1) is 7.64. The van der Waals surface area contributed by atoms with Gasteiger partial charge in [0.1, 0.15) is 0 Å². The van der Waals surface area contributed by atoms with Gasteiger partial charge in [-0.1, -0.05) is 0 Å². The van der Waals surface area contributed by atoms with E-state index in [-0.39, 0.29) is 12.0 Å². The summed E-state index contributed by atoms with van der Waals surface area (Å²) in [5, 5.41) is 8.39. The third-order valence-corrected chi connectivity index (χ3v) is 3.19. The molecule has 1 aromatic carbocycles. The SMILES string of the molecule is N#CCc1cc(C(F)(F)F)cc(S(=O)(=O)Cl)c1. The zero-order valence-corrected chi connectivity index (χ0v) is 9.70. The third-order valence-electron chi connectivity index (χ3n) is 1.86. The summed E-state index contributed by atoms with van der Waals surface area (Å²) in [6.45, 7) is 0. The summed E-state index contributed by atoms with van der Waals surface area (Å²) in [6.07, 6.45) is -5.02. The van der Waals surface area contributed by atoms with Gasteiger partial charge in [0.05, 0.1) is 22.9 Å². The molecular weight excluding hydrogens is 279 g/mol. The van der Waals surface area contributed by atoms with Crippen LogP contribution in [-0.2, 0) is 21.6 Å². The Bertz CT molecular complexity index is 575. The molecule has 0 radical (unpaired) electrons. The van der Waals surface area contributed by atoms with Gasteiger partial charge in [0.25, 0.3) is 9.05 Å². The Morgan fingerprint density at radius 3 is 2.29 bits per heavy atom. The van der Waals surface area contributed by atoms with E-state index in [2.05, 4.69) is 0 Å². The van der Waals surface area contributed by atoms with Crippen molar-refractivity contribution >= 4 is 19.7 Å². The van der Waals surface area contributed by atoms with Crippen LogP contribution in [0.1, 0.15) is 11.1 Å². The molecule has 0 saturated carbocycles. The van der Waals surface area contributed by atoms with E-state index >= 15 is 0 Å². The van der Waals surface area contributed by atoms with E-state index in [1.807, 2.05) is 0 Å². The lowest BCUT2D eigenvalue weighted by Crippen LogP contribution is -2.07. The Balaban J connectivity index is 3.46. The number of halogens is 4. The number of nitriles is 1. The van der Waals surface area contributed by atoms with Gasteiger partial charge in [-0.05, 0) is 23.8 Å². The standard InChI is InChI=1S/C9H5ClF3NO2S/c10-17(15,16)8-4-6(1-2-14)3-7(5-8)9(11,12)13/h3-5H,1H2. The highest BCUT2D eigenvalue weighted by Gasteiger charge is 2.32. The second-order valence-electron chi connectivity index (χ2n) is 3.14. The van der Waals surface area contributed by atoms with Crippen molar-refractivity contribution in [2.75, 3.05) is 0 Å². The minimum absolute atomic E-state index is 0.0541. The van der Waals surface area contributed by atoms with Crippen LogP contribution in [0.4, 0.5) is 13.2 Å². The second kappa shape index (κ2) is 4.55. The highest BCUT2D eigenvalue weighted by molar-refractivity contribution is 8.13. The molecule has 1 aromatic rings. The van der Waals surface area contributed by atoms with Crippen molar-refractivity contribution in [1.82, 2.24) is 0 Å². The molecule has 0 fully saturated rings. The summed E-state index contributed by atoms with van der Waals surface area (Å²) in [4.78, 5) is -0.667. The number of benzene rings is 1. The molecule has 0 saturated heterocycles. The normalized spacial score (nSPS) is 12.2. The smallest absolute Gasteiger partial charge is 0.207 e. The summed E-state index contributed by atoms with van der Waals surface area (Å²) < 4.78 is 59.3. The van der Waals surface area contributed by atoms with E-state index in [1.54, 1.807) is 6.07 Å². The molecule has 0 unspecified atom stereocenters. The molecule has 92 valence electrons. The van der Waals surface area contributed by atoms with Gasteiger partial charge in [-0.15, -0.1) is 0 Å². The van der Waals surface area contributed by atoms with Crippen LogP contribution in [-0.4, -0.2) is 8.42 Å². The Kier molecular flexibility index (Phi) is 3.69. The lowest BCUT2D eigenvalue weighted by molar-refractivity contribution is -0.137. The van der Waals surface area contributed by atoms with Gasteiger partial charge in [-0.3, -0.25) is 0 Å². The fraction of sp³-hybridized carbons (Fsp3) is 0.222. The van der Waals surface area contributed by atoms with E-state index in [0.717, 1.165) is 12.1 Å². The van der Waals surface area contributed by atoms with Crippen LogP contribution in [0.5, 0.6) is 0 Å². The van der Waals surface area contributed by atoms with Crippen LogP contribution in [0, 0.1) is 11.3 Å². The quantitative estimate of drug-likeness (QED) is 0.784. The predicted octanol–water partition coefficient (Wildman–Crippen LogP) is 2.70. The maximum Gasteiger partial charge on any atom is 0.416 e. The number of alkyl halides is 3. The van der Waals surface area contributed by atoms with Gasteiger partial charge < -0.3 is 0 Å². The summed E-state index contributed by atoms with van der Waals surface area (Å²) in [5.41, 5.74) is -1.20. The Morgan fingerprint density at radius 1 is 1.29 bits per heavy atom. The molecule has 1 rings (SSSR count). The number of rotatable bonds is 2. The zero-order chi connectivity index (χ0) is 13.3. The van der Waals surface area contributed by atoms with Crippen molar-refractivity contribution < 1.29 is 21.6 Å². The van der Waals surface area contributed by atoms with Gasteiger partial charge in [0.15, 0.2) is 0 Å². The lowest BCUT2D eigenvalue weighted by Gasteiger charge is -2.09. The first-order valence-electron chi connectivity index (χ1n) is 4.17. The fourth-order valence-electron chi connectivity index (χ4n) is 1.16. The largest absolute Gasteiger partial charge is 0.416 e. The van der Waals surface area contributed by atoms with Crippen molar-refractivity contribution in [2.24, 2.45) is 0 Å². The fourth-order valence-corrected chi connectivity index (χ4v) is 1.99. The van der Waals surface area contributed by atoms with Crippen molar-refractivity contribution in [3.05, 3.63) is 29.3 Å². The third kappa shape index (κ3) is 3.61. The van der Waals surface area contributed by atoms with Gasteiger partial charge >= 0.3 is 6.18 Å². The van der Waals surface area contributed by atoms with E-state index < -0.39 is 25.7 Å². The average molecular weight is 284 g/mol. The Morgan fingerprint density at radius 2 is 1.88 bits per heavy atom. The lowest BCUT2D eigenvalue weighted by atomic mass is 10.1. The minimum atomic E-state index is -4.69. The van der Waals surface area contributed by atoms with Gasteiger partial charge in [0.2, 0.25) is 0 Å². The molecule has 17 heavy (non-hydrogen) atoms. The average Bonchev–Trinajstić information content (AvgIpc) is 2.15. The Hall–Kier alpha value is -1.26. The molecule has 0 aliphatic carbocycles. The molecule has 8 heteroatoms. The summed E-state index contributed by atoms with van der Waals surface area (Å²) in [7, 11) is 0.711. The molecule has 0 aromatic heterocycles. The molecule has 0 spiro atoms. The van der Waals surface area contributed by atoms with Gasteiger partial charge in [-0.25, -0.2) is 8.42 Å². The molecule has 0 N–H and O–H groups in total. The van der Waals surface area contributed by atoms with Crippen LogP contribution < -0.4 is 0 Å². The molecular formula is C9H5ClF3NO2S. The van der Waals surface area contributed by atoms with Crippen LogP contribution in [0.2, 0.25) is 0 Å². The van der Waals surface area contributed by atoms with Crippen molar-refractivity contribution in [3.63, 3.8) is 0 Å². The summed E-state index contributed by atoms with van der Waals surface area (Å²) in [5.74, 6) is 0. The molecule has 0 aliphatic heterocycles. The van der Waals surface area contributed by atoms with Gasteiger partial charge in [-0.2, -0.15) is 18.4 Å². The molecule has 0 bridgehead atoms. The van der Waals surface area contributed by atoms with Crippen molar-refractivity contribution in [2.45, 2.75) is 17.5 Å². The topological polar surface area (TPSA) is 57.9 Å². The molecule has 0 amide bonds. The highest BCUT2D eigenvalue weighted by Crippen LogP contribution is 2.32. The predicted molar refractivity (Wildman–Crippen MR) is 53.8 cm³/mol. The first kappa shape index (κ1) is 13.8. The maximum atomic E-state index is 12.5. The molecule has 0 heterocycles. The van der Waals surface area contributed by atoms with E-state index in [9.17, 15) is 21.6 Å². The number of hydrogen-bond donors (Lipinski definition) is 0. The van der Waals surface area contributed by atoms with Crippen molar-refractivity contribution in [3.8, 4) is 6.07 Å². The zero-order valence-electron chi connectivity index (χ0n) is 8.12. The maximum absolute atomic E-state index is 12.5. The van der Waals surface area contributed by atoms with E-state index in [1.165, 1.54) is 0 Å². The monoisotopic (exact) mass is 283 g/mol. The van der Waals surface area contributed by atoms with E-state index in [0.29, 0.717) is 6.07 Å². The minimum Gasteiger partial charge on any atom is -0.207 e. The second-order valence-corrected chi connectivity index (χ2v) is 5.70. The number of hydrogen-bond acceptors (Lipinski definition) is 3. The molecule has 3 nitrogen and oxygen atoms in total. The van der Waals surface area contributed by atoms with Crippen LogP contribution >= 0.6 is 10.7 Å². The van der Waals surface area contributed by atoms with Crippen molar-refractivity contribution in [1.29, 1.82) is 5.26 Å².